The third-order valence-corrected chi connectivity index (χ3v) is 2.78. The Labute approximate surface area is 119 Å². The van der Waals surface area contributed by atoms with Crippen molar-refractivity contribution in [2.24, 2.45) is 0 Å². The minimum atomic E-state index is -4.34. The Bertz CT molecular complexity index is 466. The highest BCUT2D eigenvalue weighted by Crippen LogP contribution is 2.17. The van der Waals surface area contributed by atoms with E-state index in [1.54, 1.807) is 6.92 Å². The zero-order valence-electron chi connectivity index (χ0n) is 11.5. The van der Waals surface area contributed by atoms with Crippen molar-refractivity contribution in [3.8, 4) is 0 Å². The van der Waals surface area contributed by atoms with Gasteiger partial charge in [0.25, 0.3) is 0 Å². The van der Waals surface area contributed by atoms with Crippen molar-refractivity contribution < 1.29 is 26.7 Å². The number of Topliss-reactive ketones (excluding diaryl/α,β-unsaturated/α-hetero) is 1. The second-order valence-electron chi connectivity index (χ2n) is 4.72. The lowest BCUT2D eigenvalue weighted by Gasteiger charge is -2.22. The number of ketones is 1. The minimum Gasteiger partial charge on any atom is -0.295 e. The predicted molar refractivity (Wildman–Crippen MR) is 68.1 cm³/mol. The molecule has 0 aliphatic heterocycles. The summed E-state index contributed by atoms with van der Waals surface area (Å²) in [5.74, 6) is -2.37. The molecule has 0 amide bonds. The number of hydrogen-bond donors (Lipinski definition) is 0. The SMILES string of the molecule is CCCN(CCC(=O)c1cc(F)cc(F)c1)CC(F)(F)F. The lowest BCUT2D eigenvalue weighted by Crippen LogP contribution is -2.36. The topological polar surface area (TPSA) is 20.3 Å². The number of hydrogen-bond acceptors (Lipinski definition) is 2. The third-order valence-electron chi connectivity index (χ3n) is 2.78. The predicted octanol–water partition coefficient (Wildman–Crippen LogP) is 3.81. The molecular weight excluding hydrogens is 293 g/mol. The lowest BCUT2D eigenvalue weighted by atomic mass is 10.1. The molecule has 0 aliphatic carbocycles. The van der Waals surface area contributed by atoms with Crippen LogP contribution in [0.25, 0.3) is 0 Å². The van der Waals surface area contributed by atoms with E-state index < -0.39 is 30.1 Å². The first-order chi connectivity index (χ1) is 9.71. The summed E-state index contributed by atoms with van der Waals surface area (Å²) >= 11 is 0. The van der Waals surface area contributed by atoms with E-state index in [1.165, 1.54) is 0 Å². The Morgan fingerprint density at radius 1 is 1.10 bits per heavy atom. The maximum atomic E-state index is 13.0. The van der Waals surface area contributed by atoms with Crippen molar-refractivity contribution in [1.29, 1.82) is 0 Å². The number of rotatable bonds is 7. The minimum absolute atomic E-state index is 0.107. The van der Waals surface area contributed by atoms with Crippen molar-refractivity contribution in [1.82, 2.24) is 4.90 Å². The van der Waals surface area contributed by atoms with E-state index in [4.69, 9.17) is 0 Å². The Kier molecular flexibility index (Phi) is 6.26. The van der Waals surface area contributed by atoms with Crippen LogP contribution in [0.1, 0.15) is 30.1 Å². The van der Waals surface area contributed by atoms with Crippen molar-refractivity contribution in [2.45, 2.75) is 25.9 Å². The molecule has 0 aromatic heterocycles. The fourth-order valence-electron chi connectivity index (χ4n) is 1.96. The van der Waals surface area contributed by atoms with E-state index in [0.29, 0.717) is 12.5 Å². The number of halogens is 5. The normalized spacial score (nSPS) is 12.0. The van der Waals surface area contributed by atoms with Crippen LogP contribution in [-0.4, -0.2) is 36.5 Å². The van der Waals surface area contributed by atoms with Crippen LogP contribution >= 0.6 is 0 Å². The van der Waals surface area contributed by atoms with Gasteiger partial charge >= 0.3 is 6.18 Å². The molecule has 7 heteroatoms. The zero-order valence-corrected chi connectivity index (χ0v) is 11.5. The van der Waals surface area contributed by atoms with Crippen LogP contribution in [0.5, 0.6) is 0 Å². The molecule has 0 atom stereocenters. The first kappa shape index (κ1) is 17.6. The van der Waals surface area contributed by atoms with Crippen molar-refractivity contribution in [3.63, 3.8) is 0 Å². The summed E-state index contributed by atoms with van der Waals surface area (Å²) < 4.78 is 63.0. The highest BCUT2D eigenvalue weighted by Gasteiger charge is 2.30. The maximum absolute atomic E-state index is 13.0. The molecule has 2 nitrogen and oxygen atoms in total. The van der Waals surface area contributed by atoms with Gasteiger partial charge in [-0.15, -0.1) is 0 Å². The molecule has 1 aromatic carbocycles. The van der Waals surface area contributed by atoms with Crippen LogP contribution < -0.4 is 0 Å². The molecule has 1 rings (SSSR count). The van der Waals surface area contributed by atoms with Gasteiger partial charge in [-0.3, -0.25) is 9.69 Å². The number of benzene rings is 1. The first-order valence-electron chi connectivity index (χ1n) is 6.49. The summed E-state index contributed by atoms with van der Waals surface area (Å²) in [5.41, 5.74) is -0.170. The molecule has 0 spiro atoms. The number of carbonyl (C=O) groups excluding carboxylic acids is 1. The molecule has 0 unspecified atom stereocenters. The zero-order chi connectivity index (χ0) is 16.0. The van der Waals surface area contributed by atoms with Gasteiger partial charge in [0.05, 0.1) is 6.54 Å². The summed E-state index contributed by atoms with van der Waals surface area (Å²) in [5, 5.41) is 0. The van der Waals surface area contributed by atoms with Crippen LogP contribution in [0, 0.1) is 11.6 Å². The molecule has 0 bridgehead atoms. The molecule has 0 radical (unpaired) electrons. The molecule has 0 fully saturated rings. The van der Waals surface area contributed by atoms with Gasteiger partial charge in [0, 0.05) is 24.6 Å². The smallest absolute Gasteiger partial charge is 0.295 e. The summed E-state index contributed by atoms with van der Waals surface area (Å²) in [4.78, 5) is 12.9. The van der Waals surface area contributed by atoms with Crippen LogP contribution in [0.2, 0.25) is 0 Å². The summed E-state index contributed by atoms with van der Waals surface area (Å²) in [6.07, 6.45) is -4.05. The van der Waals surface area contributed by atoms with Crippen LogP contribution in [0.3, 0.4) is 0 Å². The van der Waals surface area contributed by atoms with E-state index in [-0.39, 0.29) is 25.1 Å². The summed E-state index contributed by atoms with van der Waals surface area (Å²) in [6.45, 7) is 0.716. The molecule has 0 saturated carbocycles. The third kappa shape index (κ3) is 6.66. The van der Waals surface area contributed by atoms with Gasteiger partial charge in [0.1, 0.15) is 11.6 Å². The highest BCUT2D eigenvalue weighted by atomic mass is 19.4. The second kappa shape index (κ2) is 7.49. The summed E-state index contributed by atoms with van der Waals surface area (Å²) in [7, 11) is 0. The molecule has 0 aliphatic rings. The average molecular weight is 309 g/mol. The fourth-order valence-corrected chi connectivity index (χ4v) is 1.96. The highest BCUT2D eigenvalue weighted by molar-refractivity contribution is 5.96. The van der Waals surface area contributed by atoms with Crippen molar-refractivity contribution >= 4 is 5.78 Å². The molecule has 21 heavy (non-hydrogen) atoms. The lowest BCUT2D eigenvalue weighted by molar-refractivity contribution is -0.145. The Morgan fingerprint density at radius 2 is 1.67 bits per heavy atom. The quantitative estimate of drug-likeness (QED) is 0.564. The van der Waals surface area contributed by atoms with Crippen molar-refractivity contribution in [2.75, 3.05) is 19.6 Å². The van der Waals surface area contributed by atoms with Gasteiger partial charge in [-0.25, -0.2) is 8.78 Å². The Hall–Kier alpha value is -1.50. The standard InChI is InChI=1S/C14H16F5NO/c1-2-4-20(9-14(17,18)19)5-3-13(21)10-6-11(15)8-12(16)7-10/h6-8H,2-5,9H2,1H3. The van der Waals surface area contributed by atoms with Gasteiger partial charge in [-0.05, 0) is 25.1 Å². The monoisotopic (exact) mass is 309 g/mol. The van der Waals surface area contributed by atoms with Gasteiger partial charge < -0.3 is 0 Å². The van der Waals surface area contributed by atoms with E-state index in [2.05, 4.69) is 0 Å². The van der Waals surface area contributed by atoms with Gasteiger partial charge in [0.2, 0.25) is 0 Å². The number of carbonyl (C=O) groups is 1. The van der Waals surface area contributed by atoms with Crippen LogP contribution in [-0.2, 0) is 0 Å². The maximum Gasteiger partial charge on any atom is 0.401 e. The van der Waals surface area contributed by atoms with Gasteiger partial charge in [-0.1, -0.05) is 6.92 Å². The fraction of sp³-hybridized carbons (Fsp3) is 0.500. The Morgan fingerprint density at radius 3 is 2.14 bits per heavy atom. The van der Waals surface area contributed by atoms with Gasteiger partial charge in [-0.2, -0.15) is 13.2 Å². The van der Waals surface area contributed by atoms with E-state index >= 15 is 0 Å². The number of alkyl halides is 3. The molecule has 1 aromatic rings. The average Bonchev–Trinajstić information content (AvgIpc) is 2.33. The van der Waals surface area contributed by atoms with Crippen LogP contribution in [0.15, 0.2) is 18.2 Å². The molecule has 0 saturated heterocycles. The summed E-state index contributed by atoms with van der Waals surface area (Å²) in [6, 6.07) is 2.38. The van der Waals surface area contributed by atoms with Crippen molar-refractivity contribution in [3.05, 3.63) is 35.4 Å². The van der Waals surface area contributed by atoms with E-state index in [0.717, 1.165) is 17.0 Å². The van der Waals surface area contributed by atoms with Gasteiger partial charge in [0.15, 0.2) is 5.78 Å². The second-order valence-corrected chi connectivity index (χ2v) is 4.72. The molecule has 0 N–H and O–H groups in total. The van der Waals surface area contributed by atoms with E-state index in [9.17, 15) is 26.7 Å². The largest absolute Gasteiger partial charge is 0.401 e. The number of nitrogens with zero attached hydrogens (tertiary/aromatic N) is 1. The molecular formula is C14H16F5NO. The van der Waals surface area contributed by atoms with E-state index in [1.807, 2.05) is 0 Å². The molecule has 118 valence electrons. The Balaban J connectivity index is 2.64. The molecule has 0 heterocycles. The first-order valence-corrected chi connectivity index (χ1v) is 6.49. The van der Waals surface area contributed by atoms with Crippen LogP contribution in [0.4, 0.5) is 22.0 Å².